The smallest absolute Gasteiger partial charge is 0.471 e. The average molecular weight is 333 g/mol. The number of carbonyl (C=O) groups is 2. The molecule has 0 spiro atoms. The van der Waals surface area contributed by atoms with E-state index in [1.54, 1.807) is 55.3 Å². The summed E-state index contributed by atoms with van der Waals surface area (Å²) in [4.78, 5) is 23.2. The molecule has 1 atom stereocenters. The highest BCUT2D eigenvalue weighted by molar-refractivity contribution is 6.71. The first-order valence-corrected chi connectivity index (χ1v) is 10.0. The van der Waals surface area contributed by atoms with Crippen molar-refractivity contribution in [3.05, 3.63) is 35.9 Å². The second-order valence-electron chi connectivity index (χ2n) is 5.75. The Labute approximate surface area is 127 Å². The maximum absolute atomic E-state index is 12.4. The molecule has 0 aliphatic carbocycles. The zero-order valence-electron chi connectivity index (χ0n) is 12.5. The molecule has 0 fully saturated rings. The van der Waals surface area contributed by atoms with E-state index in [1.807, 2.05) is 0 Å². The fourth-order valence-corrected chi connectivity index (χ4v) is 2.40. The van der Waals surface area contributed by atoms with Gasteiger partial charge in [0.1, 0.15) is 6.04 Å². The summed E-state index contributed by atoms with van der Waals surface area (Å²) in [6.45, 7) is 5.20. The summed E-state index contributed by atoms with van der Waals surface area (Å²) >= 11 is 0. The second kappa shape index (κ2) is 6.95. The summed E-state index contributed by atoms with van der Waals surface area (Å²) in [5, 5.41) is 1.71. The lowest BCUT2D eigenvalue weighted by atomic mass is 10.1. The zero-order valence-corrected chi connectivity index (χ0v) is 13.5. The van der Waals surface area contributed by atoms with Gasteiger partial charge >= 0.3 is 18.1 Å². The molecule has 8 heteroatoms. The monoisotopic (exact) mass is 333 g/mol. The van der Waals surface area contributed by atoms with Crippen LogP contribution >= 0.6 is 0 Å². The van der Waals surface area contributed by atoms with Crippen molar-refractivity contribution < 1.29 is 27.2 Å². The van der Waals surface area contributed by atoms with Crippen molar-refractivity contribution in [3.63, 3.8) is 0 Å². The summed E-state index contributed by atoms with van der Waals surface area (Å²) in [5.74, 6) is -3.00. The molecular formula is C14H18F3NO3Si. The first-order chi connectivity index (χ1) is 9.99. The molecule has 0 bridgehead atoms. The molecule has 0 aromatic heterocycles. The summed E-state index contributed by atoms with van der Waals surface area (Å²) in [7, 11) is -2.28. The first-order valence-electron chi connectivity index (χ1n) is 6.63. The van der Waals surface area contributed by atoms with Crippen molar-refractivity contribution in [1.29, 1.82) is 0 Å². The summed E-state index contributed by atoms with van der Waals surface area (Å²) in [6.07, 6.45) is -5.11. The number of hydrogen-bond donors (Lipinski definition) is 1. The molecule has 1 unspecified atom stereocenters. The highest BCUT2D eigenvalue weighted by Crippen LogP contribution is 2.16. The van der Waals surface area contributed by atoms with Gasteiger partial charge in [-0.3, -0.25) is 9.59 Å². The van der Waals surface area contributed by atoms with Gasteiger partial charge in [0.25, 0.3) is 0 Å². The van der Waals surface area contributed by atoms with E-state index in [0.29, 0.717) is 5.56 Å². The maximum Gasteiger partial charge on any atom is 0.471 e. The van der Waals surface area contributed by atoms with E-state index in [0.717, 1.165) is 0 Å². The number of alkyl halides is 3. The molecule has 0 heterocycles. The minimum Gasteiger partial charge on any atom is -0.518 e. The van der Waals surface area contributed by atoms with Crippen LogP contribution in [0.2, 0.25) is 19.6 Å². The van der Waals surface area contributed by atoms with Gasteiger partial charge in [-0.25, -0.2) is 0 Å². The van der Waals surface area contributed by atoms with Gasteiger partial charge in [0.2, 0.25) is 8.32 Å². The summed E-state index contributed by atoms with van der Waals surface area (Å²) < 4.78 is 42.4. The van der Waals surface area contributed by atoms with Crippen LogP contribution in [0.5, 0.6) is 0 Å². The van der Waals surface area contributed by atoms with E-state index in [1.165, 1.54) is 0 Å². The number of halogens is 3. The molecule has 1 aromatic rings. The maximum atomic E-state index is 12.4. The largest absolute Gasteiger partial charge is 0.518 e. The molecule has 1 N–H and O–H groups in total. The predicted molar refractivity (Wildman–Crippen MR) is 77.6 cm³/mol. The average Bonchev–Trinajstić information content (AvgIpc) is 2.36. The van der Waals surface area contributed by atoms with E-state index >= 15 is 0 Å². The van der Waals surface area contributed by atoms with Gasteiger partial charge in [0.15, 0.2) is 0 Å². The SMILES string of the molecule is C[Si](C)(C)OC(=O)C(Cc1ccccc1)NC(=O)C(F)(F)F. The Morgan fingerprint density at radius 1 is 1.18 bits per heavy atom. The third kappa shape index (κ3) is 6.29. The van der Waals surface area contributed by atoms with Gasteiger partial charge in [0.05, 0.1) is 0 Å². The molecule has 1 aromatic carbocycles. The fraction of sp³-hybridized carbons (Fsp3) is 0.429. The minimum absolute atomic E-state index is 0.0635. The minimum atomic E-state index is -5.05. The Bertz CT molecular complexity index is 526. The Morgan fingerprint density at radius 3 is 2.18 bits per heavy atom. The van der Waals surface area contributed by atoms with Crippen LogP contribution in [0.25, 0.3) is 0 Å². The van der Waals surface area contributed by atoms with Crippen molar-refractivity contribution in [2.45, 2.75) is 38.3 Å². The van der Waals surface area contributed by atoms with E-state index in [4.69, 9.17) is 4.43 Å². The van der Waals surface area contributed by atoms with Crippen LogP contribution in [0.15, 0.2) is 30.3 Å². The normalized spacial score (nSPS) is 13.4. The molecule has 0 aliphatic rings. The third-order valence-electron chi connectivity index (χ3n) is 2.54. The standard InChI is InChI=1S/C14H18F3NO3Si/c1-22(2,3)21-12(19)11(18-13(20)14(15,16)17)9-10-7-5-4-6-8-10/h4-8,11H,9H2,1-3H3,(H,18,20). The lowest BCUT2D eigenvalue weighted by Gasteiger charge is -2.24. The lowest BCUT2D eigenvalue weighted by Crippen LogP contribution is -2.50. The van der Waals surface area contributed by atoms with Crippen molar-refractivity contribution in [1.82, 2.24) is 5.32 Å². The second-order valence-corrected chi connectivity index (χ2v) is 10.2. The first kappa shape index (κ1) is 18.2. The fourth-order valence-electron chi connectivity index (χ4n) is 1.66. The van der Waals surface area contributed by atoms with Gasteiger partial charge < -0.3 is 9.74 Å². The number of hydrogen-bond acceptors (Lipinski definition) is 3. The zero-order chi connectivity index (χ0) is 17.0. The summed E-state index contributed by atoms with van der Waals surface area (Å²) in [6, 6.07) is 7.09. The van der Waals surface area contributed by atoms with E-state index in [9.17, 15) is 22.8 Å². The van der Waals surface area contributed by atoms with Crippen molar-refractivity contribution >= 4 is 20.2 Å². The molecule has 22 heavy (non-hydrogen) atoms. The van der Waals surface area contributed by atoms with Gasteiger partial charge in [-0.05, 0) is 25.2 Å². The van der Waals surface area contributed by atoms with Gasteiger partial charge in [0, 0.05) is 6.42 Å². The number of nitrogens with one attached hydrogen (secondary N) is 1. The number of benzene rings is 1. The Hall–Kier alpha value is -1.83. The number of amides is 1. The van der Waals surface area contributed by atoms with Gasteiger partial charge in [-0.1, -0.05) is 30.3 Å². The van der Waals surface area contributed by atoms with Crippen LogP contribution in [-0.2, 0) is 20.4 Å². The van der Waals surface area contributed by atoms with E-state index in [2.05, 4.69) is 0 Å². The quantitative estimate of drug-likeness (QED) is 0.843. The predicted octanol–water partition coefficient (Wildman–Crippen LogP) is 2.65. The molecule has 0 saturated carbocycles. The van der Waals surface area contributed by atoms with E-state index in [-0.39, 0.29) is 6.42 Å². The topological polar surface area (TPSA) is 55.4 Å². The number of rotatable bonds is 5. The molecular weight excluding hydrogens is 315 g/mol. The van der Waals surface area contributed by atoms with Crippen LogP contribution in [0.4, 0.5) is 13.2 Å². The molecule has 1 rings (SSSR count). The van der Waals surface area contributed by atoms with Crippen LogP contribution in [0.3, 0.4) is 0 Å². The molecule has 1 amide bonds. The van der Waals surface area contributed by atoms with Crippen LogP contribution in [0.1, 0.15) is 5.56 Å². The molecule has 0 aliphatic heterocycles. The third-order valence-corrected chi connectivity index (χ3v) is 3.35. The highest BCUT2D eigenvalue weighted by Gasteiger charge is 2.41. The summed E-state index contributed by atoms with van der Waals surface area (Å²) in [5.41, 5.74) is 0.627. The molecule has 0 radical (unpaired) electrons. The van der Waals surface area contributed by atoms with E-state index < -0.39 is 32.4 Å². The van der Waals surface area contributed by atoms with Gasteiger partial charge in [-0.15, -0.1) is 0 Å². The van der Waals surface area contributed by atoms with Crippen LogP contribution in [0, 0.1) is 0 Å². The molecule has 122 valence electrons. The Kier molecular flexibility index (Phi) is 5.76. The van der Waals surface area contributed by atoms with Crippen molar-refractivity contribution in [2.75, 3.05) is 0 Å². The van der Waals surface area contributed by atoms with Crippen LogP contribution in [-0.4, -0.2) is 32.4 Å². The Balaban J connectivity index is 2.90. The molecule has 0 saturated heterocycles. The highest BCUT2D eigenvalue weighted by atomic mass is 28.4. The molecule has 4 nitrogen and oxygen atoms in total. The van der Waals surface area contributed by atoms with Crippen LogP contribution < -0.4 is 5.32 Å². The Morgan fingerprint density at radius 2 is 1.73 bits per heavy atom. The number of carbonyl (C=O) groups excluding carboxylic acids is 2. The van der Waals surface area contributed by atoms with Crippen molar-refractivity contribution in [3.8, 4) is 0 Å². The van der Waals surface area contributed by atoms with Crippen molar-refractivity contribution in [2.24, 2.45) is 0 Å². The lowest BCUT2D eigenvalue weighted by molar-refractivity contribution is -0.175. The van der Waals surface area contributed by atoms with Gasteiger partial charge in [-0.2, -0.15) is 13.2 Å².